The van der Waals surface area contributed by atoms with Crippen LogP contribution in [0.4, 0.5) is 27.1 Å². The van der Waals surface area contributed by atoms with Crippen LogP contribution in [0.15, 0.2) is 72.2 Å². The van der Waals surface area contributed by atoms with E-state index in [4.69, 9.17) is 5.73 Å². The first-order valence-electron chi connectivity index (χ1n) is 10.5. The summed E-state index contributed by atoms with van der Waals surface area (Å²) in [6, 6.07) is 17.3. The number of pyridine rings is 1. The lowest BCUT2D eigenvalue weighted by molar-refractivity contribution is -0.133. The van der Waals surface area contributed by atoms with Crippen LogP contribution in [-0.2, 0) is 9.59 Å². The third kappa shape index (κ3) is 3.52. The van der Waals surface area contributed by atoms with Crippen LogP contribution in [0.3, 0.4) is 0 Å². The number of primary amides is 1. The average Bonchev–Trinajstić information content (AvgIpc) is 3.50. The summed E-state index contributed by atoms with van der Waals surface area (Å²) in [6.45, 7) is 0. The summed E-state index contributed by atoms with van der Waals surface area (Å²) in [5.74, 6) is -1.58. The van der Waals surface area contributed by atoms with Crippen molar-refractivity contribution in [3.63, 3.8) is 0 Å². The van der Waals surface area contributed by atoms with Gasteiger partial charge in [-0.25, -0.2) is 4.39 Å². The minimum Gasteiger partial charge on any atom is -0.369 e. The van der Waals surface area contributed by atoms with E-state index in [1.165, 1.54) is 11.0 Å². The van der Waals surface area contributed by atoms with Gasteiger partial charge in [-0.3, -0.25) is 19.5 Å². The summed E-state index contributed by atoms with van der Waals surface area (Å²) in [6.07, 6.45) is 2.49. The van der Waals surface area contributed by atoms with Gasteiger partial charge >= 0.3 is 0 Å². The van der Waals surface area contributed by atoms with Gasteiger partial charge in [-0.05, 0) is 54.6 Å². The number of nitrogens with two attached hydrogens (primary N) is 1. The van der Waals surface area contributed by atoms with Gasteiger partial charge in [0, 0.05) is 25.0 Å². The third-order valence-corrected chi connectivity index (χ3v) is 7.01. The second kappa shape index (κ2) is 7.97. The van der Waals surface area contributed by atoms with E-state index in [0.717, 1.165) is 15.9 Å². The summed E-state index contributed by atoms with van der Waals surface area (Å²) in [5.41, 5.74) is 7.25. The van der Waals surface area contributed by atoms with E-state index >= 15 is 4.39 Å². The number of anilines is 4. The monoisotopic (exact) mass is 460 g/mol. The molecule has 5 rings (SSSR count). The standard InChI is InChI=1S/C25H21FN4O2S/c1-29(21-9-13-28-19-10-14-33-22(19)21)20-8-7-17(15-18(20)26)30(16-5-3-2-4-6-16)24(32)25(11-12-25)23(27)31/h2-10,13-15H,11-12H2,1H3,(H2,27,31). The Balaban J connectivity index is 1.55. The number of hydrogen-bond acceptors (Lipinski definition) is 5. The average molecular weight is 461 g/mol. The fourth-order valence-electron chi connectivity index (χ4n) is 4.03. The maximum atomic E-state index is 15.4. The number of nitrogens with zero attached hydrogens (tertiary/aromatic N) is 3. The van der Waals surface area contributed by atoms with E-state index in [1.54, 1.807) is 65.9 Å². The molecule has 0 spiro atoms. The smallest absolute Gasteiger partial charge is 0.247 e. The van der Waals surface area contributed by atoms with Crippen LogP contribution >= 0.6 is 11.3 Å². The molecule has 2 aromatic heterocycles. The van der Waals surface area contributed by atoms with Crippen LogP contribution in [0, 0.1) is 11.2 Å². The molecule has 2 amide bonds. The Hall–Kier alpha value is -3.78. The van der Waals surface area contributed by atoms with Crippen molar-refractivity contribution in [3.8, 4) is 0 Å². The van der Waals surface area contributed by atoms with Crippen LogP contribution < -0.4 is 15.5 Å². The summed E-state index contributed by atoms with van der Waals surface area (Å²) in [5, 5.41) is 1.95. The van der Waals surface area contributed by atoms with Crippen molar-refractivity contribution in [1.82, 2.24) is 4.98 Å². The number of carbonyl (C=O) groups excluding carboxylic acids is 2. The minimum absolute atomic E-state index is 0.337. The van der Waals surface area contributed by atoms with Gasteiger partial charge < -0.3 is 10.6 Å². The topological polar surface area (TPSA) is 79.5 Å². The number of amides is 2. The van der Waals surface area contributed by atoms with E-state index < -0.39 is 23.0 Å². The number of halogens is 1. The van der Waals surface area contributed by atoms with Gasteiger partial charge in [-0.2, -0.15) is 0 Å². The Kier molecular flexibility index (Phi) is 5.09. The second-order valence-electron chi connectivity index (χ2n) is 8.08. The minimum atomic E-state index is -1.23. The number of para-hydroxylation sites is 1. The number of hydrogen-bond donors (Lipinski definition) is 1. The van der Waals surface area contributed by atoms with Gasteiger partial charge in [0.1, 0.15) is 11.2 Å². The van der Waals surface area contributed by atoms with Crippen molar-refractivity contribution in [3.05, 3.63) is 78.1 Å². The van der Waals surface area contributed by atoms with Crippen molar-refractivity contribution in [1.29, 1.82) is 0 Å². The molecule has 1 saturated carbocycles. The van der Waals surface area contributed by atoms with Gasteiger partial charge in [0.05, 0.1) is 27.3 Å². The highest BCUT2D eigenvalue weighted by Crippen LogP contribution is 2.49. The van der Waals surface area contributed by atoms with Gasteiger partial charge in [0.25, 0.3) is 0 Å². The molecule has 8 heteroatoms. The van der Waals surface area contributed by atoms with E-state index in [1.807, 2.05) is 23.6 Å². The quantitative estimate of drug-likeness (QED) is 0.405. The van der Waals surface area contributed by atoms with Crippen molar-refractivity contribution in [2.75, 3.05) is 16.8 Å². The fourth-order valence-corrected chi connectivity index (χ4v) is 4.93. The molecule has 1 fully saturated rings. The zero-order valence-corrected chi connectivity index (χ0v) is 18.7. The SMILES string of the molecule is CN(c1ccc(N(C(=O)C2(C(N)=O)CC2)c2ccccc2)cc1F)c1ccnc2ccsc12. The second-order valence-corrected chi connectivity index (χ2v) is 9.00. The molecule has 2 heterocycles. The molecule has 0 unspecified atom stereocenters. The largest absolute Gasteiger partial charge is 0.369 e. The normalized spacial score (nSPS) is 14.1. The first kappa shape index (κ1) is 21.1. The summed E-state index contributed by atoms with van der Waals surface area (Å²) >= 11 is 1.54. The zero-order chi connectivity index (χ0) is 23.2. The lowest BCUT2D eigenvalue weighted by Crippen LogP contribution is -2.41. The summed E-state index contributed by atoms with van der Waals surface area (Å²) in [7, 11) is 1.79. The Labute approximate surface area is 194 Å². The first-order chi connectivity index (χ1) is 15.9. The van der Waals surface area contributed by atoms with E-state index in [9.17, 15) is 9.59 Å². The molecule has 0 saturated heterocycles. The number of aromatic nitrogens is 1. The van der Waals surface area contributed by atoms with Gasteiger partial charge in [-0.1, -0.05) is 18.2 Å². The number of benzene rings is 2. The molecule has 166 valence electrons. The molecule has 0 atom stereocenters. The molecule has 0 aliphatic heterocycles. The van der Waals surface area contributed by atoms with E-state index in [-0.39, 0.29) is 0 Å². The lowest BCUT2D eigenvalue weighted by atomic mass is 10.0. The highest BCUT2D eigenvalue weighted by Gasteiger charge is 2.57. The maximum Gasteiger partial charge on any atom is 0.247 e. The van der Waals surface area contributed by atoms with Crippen LogP contribution in [-0.4, -0.2) is 23.8 Å². The molecule has 0 radical (unpaired) electrons. The van der Waals surface area contributed by atoms with Crippen LogP contribution in [0.25, 0.3) is 10.2 Å². The van der Waals surface area contributed by atoms with Crippen LogP contribution in [0.2, 0.25) is 0 Å². The number of rotatable bonds is 6. The predicted molar refractivity (Wildman–Crippen MR) is 129 cm³/mol. The number of thiophene rings is 1. The van der Waals surface area contributed by atoms with Gasteiger partial charge in [-0.15, -0.1) is 11.3 Å². The molecule has 6 nitrogen and oxygen atoms in total. The van der Waals surface area contributed by atoms with Crippen LogP contribution in [0.1, 0.15) is 12.8 Å². The molecule has 2 aromatic carbocycles. The molecule has 33 heavy (non-hydrogen) atoms. The van der Waals surface area contributed by atoms with E-state index in [2.05, 4.69) is 4.98 Å². The van der Waals surface area contributed by atoms with E-state index in [0.29, 0.717) is 29.9 Å². The number of fused-ring (bicyclic) bond motifs is 1. The summed E-state index contributed by atoms with van der Waals surface area (Å²) < 4.78 is 16.4. The van der Waals surface area contributed by atoms with Crippen molar-refractivity contribution in [2.45, 2.75) is 12.8 Å². The molecular weight excluding hydrogens is 439 g/mol. The molecular formula is C25H21FN4O2S. The van der Waals surface area contributed by atoms with Crippen molar-refractivity contribution >= 4 is 56.1 Å². The highest BCUT2D eigenvalue weighted by atomic mass is 32.1. The lowest BCUT2D eigenvalue weighted by Gasteiger charge is -2.27. The first-order valence-corrected chi connectivity index (χ1v) is 11.4. The van der Waals surface area contributed by atoms with Gasteiger partial charge in [0.15, 0.2) is 0 Å². The molecule has 2 N–H and O–H groups in total. The molecule has 1 aliphatic carbocycles. The fraction of sp³-hybridized carbons (Fsp3) is 0.160. The Bertz CT molecular complexity index is 1370. The third-order valence-electron chi connectivity index (χ3n) is 6.08. The Morgan fingerprint density at radius 1 is 1.03 bits per heavy atom. The van der Waals surface area contributed by atoms with Crippen molar-refractivity contribution in [2.24, 2.45) is 11.1 Å². The van der Waals surface area contributed by atoms with Gasteiger partial charge in [0.2, 0.25) is 11.8 Å². The number of carbonyl (C=O) groups is 2. The zero-order valence-electron chi connectivity index (χ0n) is 17.9. The molecule has 4 aromatic rings. The Morgan fingerprint density at radius 2 is 1.79 bits per heavy atom. The molecule has 0 bridgehead atoms. The highest BCUT2D eigenvalue weighted by molar-refractivity contribution is 7.17. The van der Waals surface area contributed by atoms with Crippen molar-refractivity contribution < 1.29 is 14.0 Å². The molecule has 1 aliphatic rings. The predicted octanol–water partition coefficient (Wildman–Crippen LogP) is 5.13. The summed E-state index contributed by atoms with van der Waals surface area (Å²) in [4.78, 5) is 32.9. The Morgan fingerprint density at radius 3 is 2.45 bits per heavy atom. The van der Waals surface area contributed by atoms with Crippen LogP contribution in [0.5, 0.6) is 0 Å². The maximum absolute atomic E-state index is 15.4.